The zero-order chi connectivity index (χ0) is 14.7. The average Bonchev–Trinajstić information content (AvgIpc) is 2.49. The summed E-state index contributed by atoms with van der Waals surface area (Å²) in [5.41, 5.74) is 2.99. The molecule has 2 N–H and O–H groups in total. The Morgan fingerprint density at radius 3 is 2.90 bits per heavy atom. The monoisotopic (exact) mass is 284 g/mol. The number of benzene rings is 1. The first kappa shape index (κ1) is 13.8. The van der Waals surface area contributed by atoms with E-state index in [2.05, 4.69) is 32.3 Å². The van der Waals surface area contributed by atoms with Crippen LogP contribution in [0, 0.1) is 0 Å². The number of aromatic amines is 1. The van der Waals surface area contributed by atoms with Gasteiger partial charge in [-0.2, -0.15) is 0 Å². The molecule has 0 aliphatic carbocycles. The lowest BCUT2D eigenvalue weighted by Crippen LogP contribution is -2.35. The van der Waals surface area contributed by atoms with Crippen molar-refractivity contribution in [3.05, 3.63) is 57.5 Å². The summed E-state index contributed by atoms with van der Waals surface area (Å²) in [7, 11) is 0. The largest absolute Gasteiger partial charge is 0.356 e. The molecular weight excluding hydrogens is 264 g/mol. The number of rotatable bonds is 4. The molecule has 2 aromatic rings. The second-order valence-corrected chi connectivity index (χ2v) is 5.32. The van der Waals surface area contributed by atoms with Crippen molar-refractivity contribution in [3.8, 4) is 0 Å². The highest BCUT2D eigenvalue weighted by Gasteiger charge is 2.21. The number of hydrogen-bond donors (Lipinski definition) is 2. The fourth-order valence-corrected chi connectivity index (χ4v) is 2.71. The Balaban J connectivity index is 1.78. The van der Waals surface area contributed by atoms with E-state index in [1.54, 1.807) is 0 Å². The molecule has 0 saturated carbocycles. The molecule has 1 aliphatic heterocycles. The van der Waals surface area contributed by atoms with Crippen LogP contribution in [0.5, 0.6) is 0 Å². The zero-order valence-corrected chi connectivity index (χ0v) is 12.2. The van der Waals surface area contributed by atoms with Crippen LogP contribution < -0.4 is 10.9 Å². The maximum absolute atomic E-state index is 12.2. The fraction of sp³-hybridized carbons (Fsp3) is 0.375. The summed E-state index contributed by atoms with van der Waals surface area (Å²) in [6, 6.07) is 10.3. The Morgan fingerprint density at radius 1 is 1.33 bits per heavy atom. The normalized spacial score (nSPS) is 14.7. The van der Waals surface area contributed by atoms with Gasteiger partial charge in [-0.05, 0) is 12.5 Å². The highest BCUT2D eigenvalue weighted by atomic mass is 16.1. The van der Waals surface area contributed by atoms with Crippen LogP contribution in [-0.4, -0.2) is 28.0 Å². The van der Waals surface area contributed by atoms with E-state index in [0.29, 0.717) is 12.5 Å². The lowest BCUT2D eigenvalue weighted by molar-refractivity contribution is 0.242. The van der Waals surface area contributed by atoms with Crippen LogP contribution in [0.4, 0.5) is 5.95 Å². The molecule has 0 radical (unpaired) electrons. The molecule has 0 bridgehead atoms. The summed E-state index contributed by atoms with van der Waals surface area (Å²) >= 11 is 0. The van der Waals surface area contributed by atoms with E-state index in [1.165, 1.54) is 5.56 Å². The maximum Gasteiger partial charge on any atom is 0.257 e. The third kappa shape index (κ3) is 3.13. The Morgan fingerprint density at radius 2 is 2.14 bits per heavy atom. The van der Waals surface area contributed by atoms with Crippen molar-refractivity contribution in [3.63, 3.8) is 0 Å². The molecule has 5 heteroatoms. The van der Waals surface area contributed by atoms with Gasteiger partial charge in [0.25, 0.3) is 5.56 Å². The number of nitrogens with zero attached hydrogens (tertiary/aromatic N) is 2. The lowest BCUT2D eigenvalue weighted by Gasteiger charge is -2.27. The van der Waals surface area contributed by atoms with Crippen LogP contribution in [0.1, 0.15) is 23.7 Å². The quantitative estimate of drug-likeness (QED) is 0.898. The molecule has 0 fully saturated rings. The van der Waals surface area contributed by atoms with E-state index in [0.717, 1.165) is 37.3 Å². The highest BCUT2D eigenvalue weighted by Crippen LogP contribution is 2.17. The van der Waals surface area contributed by atoms with Gasteiger partial charge in [0.2, 0.25) is 5.95 Å². The molecule has 0 saturated heterocycles. The van der Waals surface area contributed by atoms with Crippen LogP contribution in [0.3, 0.4) is 0 Å². The van der Waals surface area contributed by atoms with Gasteiger partial charge in [-0.1, -0.05) is 30.3 Å². The van der Waals surface area contributed by atoms with Gasteiger partial charge < -0.3 is 5.32 Å². The van der Waals surface area contributed by atoms with Crippen molar-refractivity contribution >= 4 is 5.95 Å². The van der Waals surface area contributed by atoms with E-state index < -0.39 is 0 Å². The molecule has 21 heavy (non-hydrogen) atoms. The minimum Gasteiger partial charge on any atom is -0.356 e. The summed E-state index contributed by atoms with van der Waals surface area (Å²) in [6.45, 7) is 5.21. The molecule has 1 aromatic heterocycles. The molecule has 0 unspecified atom stereocenters. The molecule has 1 aliphatic rings. The predicted molar refractivity (Wildman–Crippen MR) is 83.3 cm³/mol. The Kier molecular flexibility index (Phi) is 4.01. The molecule has 5 nitrogen and oxygen atoms in total. The van der Waals surface area contributed by atoms with Crippen molar-refractivity contribution in [1.29, 1.82) is 0 Å². The molecule has 0 amide bonds. The van der Waals surface area contributed by atoms with Gasteiger partial charge in [-0.3, -0.25) is 14.7 Å². The summed E-state index contributed by atoms with van der Waals surface area (Å²) in [5.74, 6) is 0.581. The molecule has 110 valence electrons. The van der Waals surface area contributed by atoms with Gasteiger partial charge in [-0.15, -0.1) is 0 Å². The van der Waals surface area contributed by atoms with Crippen molar-refractivity contribution in [2.75, 3.05) is 18.4 Å². The minimum absolute atomic E-state index is 0.0197. The third-order valence-electron chi connectivity index (χ3n) is 3.74. The van der Waals surface area contributed by atoms with Crippen LogP contribution >= 0.6 is 0 Å². The van der Waals surface area contributed by atoms with Crippen LogP contribution in [0.25, 0.3) is 0 Å². The van der Waals surface area contributed by atoms with Crippen molar-refractivity contribution in [1.82, 2.24) is 14.9 Å². The maximum atomic E-state index is 12.2. The van der Waals surface area contributed by atoms with Crippen molar-refractivity contribution in [2.24, 2.45) is 0 Å². The molecule has 1 aromatic carbocycles. The Bertz CT molecular complexity index is 666. The second kappa shape index (κ2) is 6.10. The molecule has 3 rings (SSSR count). The third-order valence-corrected chi connectivity index (χ3v) is 3.74. The number of hydrogen-bond acceptors (Lipinski definition) is 4. The fourth-order valence-electron chi connectivity index (χ4n) is 2.71. The number of anilines is 1. The number of nitrogens with one attached hydrogen (secondary N) is 2. The highest BCUT2D eigenvalue weighted by molar-refractivity contribution is 5.31. The Labute approximate surface area is 124 Å². The Hall–Kier alpha value is -2.14. The van der Waals surface area contributed by atoms with Crippen LogP contribution in [0.2, 0.25) is 0 Å². The SMILES string of the molecule is CCNc1nc2c(c(=O)[nH]1)CN(Cc1ccccc1)CC2. The van der Waals surface area contributed by atoms with Gasteiger partial charge in [0.05, 0.1) is 11.3 Å². The predicted octanol–water partition coefficient (Wildman–Crippen LogP) is 1.76. The number of fused-ring (bicyclic) bond motifs is 1. The van der Waals surface area contributed by atoms with E-state index in [-0.39, 0.29) is 5.56 Å². The average molecular weight is 284 g/mol. The summed E-state index contributed by atoms with van der Waals surface area (Å²) in [6.07, 6.45) is 0.824. The summed E-state index contributed by atoms with van der Waals surface area (Å²) in [4.78, 5) is 21.8. The first-order valence-corrected chi connectivity index (χ1v) is 7.38. The lowest BCUT2D eigenvalue weighted by atomic mass is 10.1. The smallest absolute Gasteiger partial charge is 0.257 e. The molecule has 0 atom stereocenters. The molecule has 0 spiro atoms. The van der Waals surface area contributed by atoms with E-state index >= 15 is 0 Å². The molecular formula is C16H20N4O. The summed E-state index contributed by atoms with van der Waals surface area (Å²) < 4.78 is 0. The van der Waals surface area contributed by atoms with Gasteiger partial charge in [-0.25, -0.2) is 4.98 Å². The van der Waals surface area contributed by atoms with Gasteiger partial charge in [0.15, 0.2) is 0 Å². The van der Waals surface area contributed by atoms with E-state index in [4.69, 9.17) is 0 Å². The van der Waals surface area contributed by atoms with E-state index in [9.17, 15) is 4.79 Å². The number of aromatic nitrogens is 2. The first-order chi connectivity index (χ1) is 10.3. The van der Waals surface area contributed by atoms with Crippen LogP contribution in [0.15, 0.2) is 35.1 Å². The van der Waals surface area contributed by atoms with Crippen molar-refractivity contribution < 1.29 is 0 Å². The van der Waals surface area contributed by atoms with Gasteiger partial charge in [0, 0.05) is 32.6 Å². The zero-order valence-electron chi connectivity index (χ0n) is 12.2. The van der Waals surface area contributed by atoms with Crippen LogP contribution in [-0.2, 0) is 19.5 Å². The standard InChI is InChI=1S/C16H20N4O/c1-2-17-16-18-14-8-9-20(11-13(14)15(21)19-16)10-12-6-4-3-5-7-12/h3-7H,2,8-11H2,1H3,(H2,17,18,19,21). The molecule has 2 heterocycles. The minimum atomic E-state index is -0.0197. The summed E-state index contributed by atoms with van der Waals surface area (Å²) in [5, 5.41) is 3.07. The van der Waals surface area contributed by atoms with Gasteiger partial charge in [0.1, 0.15) is 0 Å². The van der Waals surface area contributed by atoms with Crippen molar-refractivity contribution in [2.45, 2.75) is 26.4 Å². The second-order valence-electron chi connectivity index (χ2n) is 5.32. The first-order valence-electron chi connectivity index (χ1n) is 7.38. The van der Waals surface area contributed by atoms with E-state index in [1.807, 2.05) is 25.1 Å². The van der Waals surface area contributed by atoms with Gasteiger partial charge >= 0.3 is 0 Å². The topological polar surface area (TPSA) is 61.0 Å². The number of H-pyrrole nitrogens is 1.